The minimum atomic E-state index is -0.447. The summed E-state index contributed by atoms with van der Waals surface area (Å²) in [5.41, 5.74) is 1.96. The minimum absolute atomic E-state index is 0.0846. The molecule has 0 bridgehead atoms. The molecule has 0 aliphatic carbocycles. The molecule has 0 saturated carbocycles. The smallest absolute Gasteiger partial charge is 0.283 e. The third-order valence-electron chi connectivity index (χ3n) is 4.70. The summed E-state index contributed by atoms with van der Waals surface area (Å²) >= 11 is 7.67. The lowest BCUT2D eigenvalue weighted by Crippen LogP contribution is -2.35. The summed E-state index contributed by atoms with van der Waals surface area (Å²) in [5, 5.41) is 10.9. The molecule has 0 saturated heterocycles. The van der Waals surface area contributed by atoms with Crippen LogP contribution in [-0.2, 0) is 4.79 Å². The van der Waals surface area contributed by atoms with Gasteiger partial charge in [0.1, 0.15) is 24.8 Å². The molecule has 2 heterocycles. The van der Waals surface area contributed by atoms with Crippen molar-refractivity contribution < 1.29 is 19.0 Å². The third kappa shape index (κ3) is 4.66. The van der Waals surface area contributed by atoms with Crippen molar-refractivity contribution in [3.05, 3.63) is 69.7 Å². The van der Waals surface area contributed by atoms with Gasteiger partial charge in [-0.05, 0) is 53.8 Å². The molecule has 0 aromatic heterocycles. The average molecular weight is 470 g/mol. The number of nitrogens with one attached hydrogen (secondary N) is 1. The van der Waals surface area contributed by atoms with Crippen molar-refractivity contribution in [2.75, 3.05) is 20.3 Å². The Bertz CT molecular complexity index is 1180. The Morgan fingerprint density at radius 1 is 1.12 bits per heavy atom. The van der Waals surface area contributed by atoms with Gasteiger partial charge in [-0.3, -0.25) is 15.1 Å². The number of amidine groups is 2. The van der Waals surface area contributed by atoms with Crippen LogP contribution in [0.3, 0.4) is 0 Å². The second kappa shape index (κ2) is 9.50. The van der Waals surface area contributed by atoms with E-state index in [0.29, 0.717) is 39.6 Å². The molecule has 32 heavy (non-hydrogen) atoms. The number of thioether (sulfide) groups is 1. The van der Waals surface area contributed by atoms with Crippen molar-refractivity contribution in [2.45, 2.75) is 6.92 Å². The van der Waals surface area contributed by atoms with Gasteiger partial charge in [-0.25, -0.2) is 0 Å². The van der Waals surface area contributed by atoms with Crippen LogP contribution in [0.5, 0.6) is 17.2 Å². The number of fused-ring (bicyclic) bond motifs is 1. The highest BCUT2D eigenvalue weighted by atomic mass is 35.5. The number of methoxy groups -OCH3 is 1. The zero-order valence-corrected chi connectivity index (χ0v) is 19.0. The summed E-state index contributed by atoms with van der Waals surface area (Å²) in [6.07, 6.45) is 3.31. The number of hydrogen-bond acceptors (Lipinski definition) is 6. The number of benzene rings is 2. The first-order valence-electron chi connectivity index (χ1n) is 9.72. The highest BCUT2D eigenvalue weighted by molar-refractivity contribution is 8.16. The number of hydrogen-bond donors (Lipinski definition) is 1. The van der Waals surface area contributed by atoms with Crippen molar-refractivity contribution in [1.29, 1.82) is 5.41 Å². The molecular weight excluding hydrogens is 450 g/mol. The summed E-state index contributed by atoms with van der Waals surface area (Å²) in [6, 6.07) is 10.9. The van der Waals surface area contributed by atoms with Crippen molar-refractivity contribution in [3.63, 3.8) is 0 Å². The number of amides is 1. The number of aryl methyl sites for hydroxylation is 1. The van der Waals surface area contributed by atoms with Crippen molar-refractivity contribution in [2.24, 2.45) is 4.99 Å². The Morgan fingerprint density at radius 3 is 2.62 bits per heavy atom. The van der Waals surface area contributed by atoms with Gasteiger partial charge in [-0.1, -0.05) is 35.5 Å². The van der Waals surface area contributed by atoms with Crippen LogP contribution in [-0.4, -0.2) is 42.1 Å². The van der Waals surface area contributed by atoms with Crippen LogP contribution < -0.4 is 14.2 Å². The second-order valence-corrected chi connectivity index (χ2v) is 8.20. The first-order valence-corrected chi connectivity index (χ1v) is 11.0. The standard InChI is InChI=1S/C23H20ClN3O4S/c1-14-3-5-19(20(11-14)29-2)31-9-8-30-18-6-4-15(13-17(18)24)12-16-21(25)27-7-10-32-23(27)26-22(16)28/h3-7,10-13,25H,8-9H2,1-2H3. The first-order chi connectivity index (χ1) is 15.5. The SMILES string of the molecule is COc1cc(C)ccc1OCCOc1ccc(C=C2C(=N)N3C=CSC3=NC2=O)cc1Cl. The average Bonchev–Trinajstić information content (AvgIpc) is 3.24. The van der Waals surface area contributed by atoms with E-state index in [-0.39, 0.29) is 18.0 Å². The Morgan fingerprint density at radius 2 is 1.88 bits per heavy atom. The molecule has 0 fully saturated rings. The zero-order chi connectivity index (χ0) is 22.7. The molecule has 0 radical (unpaired) electrons. The highest BCUT2D eigenvalue weighted by Gasteiger charge is 2.31. The van der Waals surface area contributed by atoms with Gasteiger partial charge in [0, 0.05) is 6.20 Å². The van der Waals surface area contributed by atoms with Gasteiger partial charge in [-0.2, -0.15) is 4.99 Å². The van der Waals surface area contributed by atoms with Crippen LogP contribution in [0.15, 0.2) is 58.6 Å². The van der Waals surface area contributed by atoms with Gasteiger partial charge in [0.05, 0.1) is 17.7 Å². The molecule has 164 valence electrons. The normalized spacial score (nSPS) is 16.3. The maximum atomic E-state index is 12.3. The summed E-state index contributed by atoms with van der Waals surface area (Å²) < 4.78 is 16.8. The summed E-state index contributed by atoms with van der Waals surface area (Å²) in [6.45, 7) is 2.59. The van der Waals surface area contributed by atoms with Crippen molar-refractivity contribution >= 4 is 46.3 Å². The predicted octanol–water partition coefficient (Wildman–Crippen LogP) is 4.89. The highest BCUT2D eigenvalue weighted by Crippen LogP contribution is 2.30. The van der Waals surface area contributed by atoms with Crippen LogP contribution in [0.2, 0.25) is 5.02 Å². The maximum absolute atomic E-state index is 12.3. The van der Waals surface area contributed by atoms with Crippen molar-refractivity contribution in [1.82, 2.24) is 4.90 Å². The molecule has 2 aliphatic heterocycles. The molecule has 2 aliphatic rings. The number of ether oxygens (including phenoxy) is 3. The third-order valence-corrected chi connectivity index (χ3v) is 5.75. The van der Waals surface area contributed by atoms with Crippen molar-refractivity contribution in [3.8, 4) is 17.2 Å². The van der Waals surface area contributed by atoms with E-state index in [1.54, 1.807) is 47.9 Å². The fraction of sp³-hybridized carbons (Fsp3) is 0.174. The summed E-state index contributed by atoms with van der Waals surface area (Å²) in [5.74, 6) is 1.45. The number of aliphatic imine (C=N–C) groups is 1. The molecule has 1 N–H and O–H groups in total. The Labute approximate surface area is 194 Å². The van der Waals surface area contributed by atoms with E-state index in [9.17, 15) is 4.79 Å². The van der Waals surface area contributed by atoms with Crippen LogP contribution in [0.1, 0.15) is 11.1 Å². The second-order valence-electron chi connectivity index (χ2n) is 6.92. The molecule has 4 rings (SSSR count). The molecule has 7 nitrogen and oxygen atoms in total. The van der Waals surface area contributed by atoms with Gasteiger partial charge in [-0.15, -0.1) is 0 Å². The number of rotatable bonds is 7. The van der Waals surface area contributed by atoms with Crippen LogP contribution >= 0.6 is 23.4 Å². The van der Waals surface area contributed by atoms with E-state index in [0.717, 1.165) is 5.56 Å². The van der Waals surface area contributed by atoms with Gasteiger partial charge in [0.15, 0.2) is 16.7 Å². The van der Waals surface area contributed by atoms with Gasteiger partial charge in [0.2, 0.25) is 0 Å². The van der Waals surface area contributed by atoms with Crippen LogP contribution in [0, 0.1) is 12.3 Å². The van der Waals surface area contributed by atoms with Crippen LogP contribution in [0.4, 0.5) is 0 Å². The Hall–Kier alpha value is -3.23. The summed E-state index contributed by atoms with van der Waals surface area (Å²) in [7, 11) is 1.60. The fourth-order valence-electron chi connectivity index (χ4n) is 3.12. The molecule has 0 atom stereocenters. The van der Waals surface area contributed by atoms with E-state index in [1.807, 2.05) is 25.1 Å². The topological polar surface area (TPSA) is 84.2 Å². The van der Waals surface area contributed by atoms with Crippen LogP contribution in [0.25, 0.3) is 6.08 Å². The number of carbonyl (C=O) groups excluding carboxylic acids is 1. The number of nitrogens with zero attached hydrogens (tertiary/aromatic N) is 2. The number of halogens is 1. The molecule has 0 unspecified atom stereocenters. The van der Waals surface area contributed by atoms with E-state index in [1.165, 1.54) is 11.8 Å². The monoisotopic (exact) mass is 469 g/mol. The van der Waals surface area contributed by atoms with Gasteiger partial charge >= 0.3 is 0 Å². The van der Waals surface area contributed by atoms with Gasteiger partial charge < -0.3 is 14.2 Å². The molecule has 9 heteroatoms. The molecule has 2 aromatic rings. The fourth-order valence-corrected chi connectivity index (χ4v) is 4.07. The lowest BCUT2D eigenvalue weighted by molar-refractivity contribution is -0.114. The first kappa shape index (κ1) is 22.0. The largest absolute Gasteiger partial charge is 0.493 e. The number of carbonyl (C=O) groups is 1. The zero-order valence-electron chi connectivity index (χ0n) is 17.4. The molecule has 1 amide bonds. The van der Waals surface area contributed by atoms with E-state index in [2.05, 4.69) is 4.99 Å². The van der Waals surface area contributed by atoms with Gasteiger partial charge in [0.25, 0.3) is 5.91 Å². The summed E-state index contributed by atoms with van der Waals surface area (Å²) in [4.78, 5) is 17.9. The quantitative estimate of drug-likeness (QED) is 0.459. The Balaban J connectivity index is 1.39. The maximum Gasteiger partial charge on any atom is 0.283 e. The molecule has 0 spiro atoms. The minimum Gasteiger partial charge on any atom is -0.493 e. The molecule has 2 aromatic carbocycles. The predicted molar refractivity (Wildman–Crippen MR) is 127 cm³/mol. The molecular formula is C23H20ClN3O4S. The van der Waals surface area contributed by atoms with E-state index in [4.69, 9.17) is 31.2 Å². The lowest BCUT2D eigenvalue weighted by atomic mass is 10.1. The van der Waals surface area contributed by atoms with E-state index >= 15 is 0 Å². The Kier molecular flexibility index (Phi) is 6.53. The van der Waals surface area contributed by atoms with E-state index < -0.39 is 5.91 Å². The lowest BCUT2D eigenvalue weighted by Gasteiger charge is -2.22.